The lowest BCUT2D eigenvalue weighted by molar-refractivity contribution is 0.0956. The van der Waals surface area contributed by atoms with Crippen LogP contribution in [0.4, 0.5) is 0 Å². The van der Waals surface area contributed by atoms with Crippen molar-refractivity contribution in [1.29, 1.82) is 0 Å². The van der Waals surface area contributed by atoms with Crippen LogP contribution in [0.3, 0.4) is 0 Å². The Bertz CT molecular complexity index is 1130. The molecule has 0 bridgehead atoms. The van der Waals surface area contributed by atoms with E-state index >= 15 is 0 Å². The normalized spacial score (nSPS) is 11.2. The van der Waals surface area contributed by atoms with Crippen molar-refractivity contribution in [3.8, 4) is 0 Å². The van der Waals surface area contributed by atoms with Gasteiger partial charge in [-0.3, -0.25) is 19.9 Å². The quantitative estimate of drug-likeness (QED) is 0.361. The minimum atomic E-state index is -0.105. The zero-order chi connectivity index (χ0) is 19.9. The van der Waals surface area contributed by atoms with Gasteiger partial charge in [0.25, 0.3) is 5.91 Å². The number of rotatable bonds is 7. The molecule has 1 amide bonds. The Labute approximate surface area is 172 Å². The van der Waals surface area contributed by atoms with Crippen LogP contribution in [0.1, 0.15) is 21.7 Å². The summed E-state index contributed by atoms with van der Waals surface area (Å²) in [5.41, 5.74) is 3.33. The Hall–Kier alpha value is -3.45. The largest absolute Gasteiger partial charge is 0.351 e. The number of H-pyrrole nitrogens is 1. The van der Waals surface area contributed by atoms with E-state index in [-0.39, 0.29) is 5.91 Å². The fourth-order valence-corrected chi connectivity index (χ4v) is 3.61. The predicted octanol–water partition coefficient (Wildman–Crippen LogP) is 4.05. The molecule has 0 aliphatic carbocycles. The van der Waals surface area contributed by atoms with Gasteiger partial charge in [-0.25, -0.2) is 0 Å². The number of aromatic amines is 1. The van der Waals surface area contributed by atoms with Crippen molar-refractivity contribution < 1.29 is 4.79 Å². The Morgan fingerprint density at radius 3 is 2.90 bits per heavy atom. The molecule has 0 radical (unpaired) electrons. The molecule has 0 fully saturated rings. The summed E-state index contributed by atoms with van der Waals surface area (Å²) in [6.07, 6.45) is 8.89. The van der Waals surface area contributed by atoms with Crippen molar-refractivity contribution in [3.63, 3.8) is 0 Å². The van der Waals surface area contributed by atoms with Crippen LogP contribution in [-0.2, 0) is 0 Å². The van der Waals surface area contributed by atoms with Gasteiger partial charge in [0.2, 0.25) is 0 Å². The molecule has 7 heteroatoms. The third kappa shape index (κ3) is 4.89. The first-order valence-electron chi connectivity index (χ1n) is 9.18. The van der Waals surface area contributed by atoms with E-state index in [0.29, 0.717) is 12.1 Å². The lowest BCUT2D eigenvalue weighted by Crippen LogP contribution is -2.25. The number of aromatic nitrogens is 4. The molecule has 0 aliphatic heterocycles. The van der Waals surface area contributed by atoms with E-state index in [9.17, 15) is 4.79 Å². The number of nitrogens with zero attached hydrogens (tertiary/aromatic N) is 3. The van der Waals surface area contributed by atoms with Gasteiger partial charge in [0.15, 0.2) is 0 Å². The summed E-state index contributed by atoms with van der Waals surface area (Å²) in [6, 6.07) is 15.5. The molecule has 3 aromatic heterocycles. The van der Waals surface area contributed by atoms with E-state index < -0.39 is 0 Å². The summed E-state index contributed by atoms with van der Waals surface area (Å²) < 4.78 is 0. The second-order valence-corrected chi connectivity index (χ2v) is 7.42. The molecule has 4 aromatic rings. The van der Waals surface area contributed by atoms with Crippen molar-refractivity contribution in [2.75, 3.05) is 12.3 Å². The van der Waals surface area contributed by atoms with Crippen molar-refractivity contribution in [2.45, 2.75) is 4.90 Å². The Morgan fingerprint density at radius 2 is 2.07 bits per heavy atom. The van der Waals surface area contributed by atoms with E-state index in [1.807, 2.05) is 30.4 Å². The Kier molecular flexibility index (Phi) is 5.97. The van der Waals surface area contributed by atoms with Gasteiger partial charge in [0, 0.05) is 41.2 Å². The second kappa shape index (κ2) is 9.16. The Morgan fingerprint density at radius 1 is 1.10 bits per heavy atom. The highest BCUT2D eigenvalue weighted by atomic mass is 32.2. The van der Waals surface area contributed by atoms with Gasteiger partial charge >= 0.3 is 0 Å². The number of nitrogens with one attached hydrogen (secondary N) is 2. The summed E-state index contributed by atoms with van der Waals surface area (Å²) >= 11 is 1.69. The fraction of sp³-hybridized carbons (Fsp3) is 0.0909. The monoisotopic (exact) mass is 401 g/mol. The zero-order valence-corrected chi connectivity index (χ0v) is 16.4. The molecule has 0 unspecified atom stereocenters. The van der Waals surface area contributed by atoms with Gasteiger partial charge in [0.05, 0.1) is 22.5 Å². The number of fused-ring (bicyclic) bond motifs is 1. The smallest absolute Gasteiger partial charge is 0.252 e. The van der Waals surface area contributed by atoms with E-state index in [1.54, 1.807) is 42.5 Å². The third-order valence-corrected chi connectivity index (χ3v) is 5.24. The molecule has 0 spiro atoms. The molecule has 0 saturated heterocycles. The van der Waals surface area contributed by atoms with Gasteiger partial charge in [-0.05, 0) is 54.6 Å². The summed E-state index contributed by atoms with van der Waals surface area (Å²) in [6.45, 7) is 0.581. The molecule has 6 nitrogen and oxygen atoms in total. The molecular weight excluding hydrogens is 382 g/mol. The van der Waals surface area contributed by atoms with Crippen LogP contribution in [0.2, 0.25) is 0 Å². The molecule has 29 heavy (non-hydrogen) atoms. The number of hydrogen-bond donors (Lipinski definition) is 2. The SMILES string of the molecule is O=C(NCCSc1ccc2c(C=Cc3ccccn3)n[nH]c2c1)c1cccnc1. The van der Waals surface area contributed by atoms with Crippen LogP contribution in [0.5, 0.6) is 0 Å². The van der Waals surface area contributed by atoms with Crippen molar-refractivity contribution in [3.05, 3.63) is 84.1 Å². The van der Waals surface area contributed by atoms with Crippen LogP contribution < -0.4 is 5.32 Å². The summed E-state index contributed by atoms with van der Waals surface area (Å²) in [5.74, 6) is 0.671. The van der Waals surface area contributed by atoms with E-state index in [4.69, 9.17) is 0 Å². The maximum atomic E-state index is 12.0. The molecule has 4 rings (SSSR count). The molecule has 0 aliphatic rings. The maximum Gasteiger partial charge on any atom is 0.252 e. The minimum Gasteiger partial charge on any atom is -0.351 e. The van der Waals surface area contributed by atoms with Gasteiger partial charge in [-0.1, -0.05) is 6.07 Å². The second-order valence-electron chi connectivity index (χ2n) is 6.25. The van der Waals surface area contributed by atoms with Crippen LogP contribution in [-0.4, -0.2) is 38.4 Å². The van der Waals surface area contributed by atoms with Crippen molar-refractivity contribution in [1.82, 2.24) is 25.5 Å². The number of thioether (sulfide) groups is 1. The third-order valence-electron chi connectivity index (χ3n) is 4.24. The van der Waals surface area contributed by atoms with Crippen LogP contribution >= 0.6 is 11.8 Å². The predicted molar refractivity (Wildman–Crippen MR) is 117 cm³/mol. The average molecular weight is 401 g/mol. The lowest BCUT2D eigenvalue weighted by atomic mass is 10.2. The highest BCUT2D eigenvalue weighted by Crippen LogP contribution is 2.25. The van der Waals surface area contributed by atoms with E-state index in [2.05, 4.69) is 43.7 Å². The van der Waals surface area contributed by atoms with Crippen LogP contribution in [0, 0.1) is 0 Å². The highest BCUT2D eigenvalue weighted by Gasteiger charge is 2.06. The lowest BCUT2D eigenvalue weighted by Gasteiger charge is -2.05. The van der Waals surface area contributed by atoms with Crippen LogP contribution in [0.15, 0.2) is 72.0 Å². The molecule has 0 atom stereocenters. The first-order chi connectivity index (χ1) is 14.3. The first-order valence-corrected chi connectivity index (χ1v) is 10.2. The Balaban J connectivity index is 1.34. The van der Waals surface area contributed by atoms with Gasteiger partial charge in [-0.2, -0.15) is 5.10 Å². The maximum absolute atomic E-state index is 12.0. The van der Waals surface area contributed by atoms with Crippen molar-refractivity contribution in [2.24, 2.45) is 0 Å². The number of carbonyl (C=O) groups is 1. The number of amides is 1. The molecule has 144 valence electrons. The summed E-state index contributed by atoms with van der Waals surface area (Å²) in [4.78, 5) is 21.4. The van der Waals surface area contributed by atoms with Crippen molar-refractivity contribution >= 4 is 40.7 Å². The average Bonchev–Trinajstić information content (AvgIpc) is 3.18. The number of benzene rings is 1. The summed E-state index contributed by atoms with van der Waals surface area (Å²) in [5, 5.41) is 11.4. The molecule has 0 saturated carbocycles. The van der Waals surface area contributed by atoms with Gasteiger partial charge in [0.1, 0.15) is 0 Å². The van der Waals surface area contributed by atoms with Gasteiger partial charge < -0.3 is 5.32 Å². The number of carbonyl (C=O) groups excluding carboxylic acids is 1. The fourth-order valence-electron chi connectivity index (χ4n) is 2.81. The molecule has 2 N–H and O–H groups in total. The summed E-state index contributed by atoms with van der Waals surface area (Å²) in [7, 11) is 0. The number of pyridine rings is 2. The number of hydrogen-bond acceptors (Lipinski definition) is 5. The zero-order valence-electron chi connectivity index (χ0n) is 15.6. The van der Waals surface area contributed by atoms with Gasteiger partial charge in [-0.15, -0.1) is 11.8 Å². The highest BCUT2D eigenvalue weighted by molar-refractivity contribution is 7.99. The first kappa shape index (κ1) is 18.9. The van der Waals surface area contributed by atoms with E-state index in [1.165, 1.54) is 0 Å². The standard InChI is InChI=1S/C22H19N5OS/c28-22(16-4-3-10-23-15-16)25-12-13-29-18-7-8-19-20(26-27-21(19)14-18)9-6-17-5-1-2-11-24-17/h1-11,14-15H,12-13H2,(H,25,28)(H,26,27). The molecule has 1 aromatic carbocycles. The molecular formula is C22H19N5OS. The van der Waals surface area contributed by atoms with E-state index in [0.717, 1.165) is 32.9 Å². The molecule has 3 heterocycles. The minimum absolute atomic E-state index is 0.105. The van der Waals surface area contributed by atoms with Crippen LogP contribution in [0.25, 0.3) is 23.1 Å². The topological polar surface area (TPSA) is 83.6 Å².